The van der Waals surface area contributed by atoms with Crippen molar-refractivity contribution in [3.05, 3.63) is 112 Å². The van der Waals surface area contributed by atoms with Gasteiger partial charge in [0, 0.05) is 16.5 Å². The first-order valence-corrected chi connectivity index (χ1v) is 17.6. The standard InChI is InChI=1S/C33H32Cl2FN5O4S/c34-23-12-10-21(11-13-23)31-32(22-4-3-5-24(35)16-22)45-29(17-30-37-19-38-39-30)33(42)41(31)28(20-8-9-20)18-40(46(43,44)25-14-15-25)27-7-2-1-6-26(27)36/h1-7,10-13,16,19-20,25,28-29,31-32H,8-9,14-15,17-18H2,(H,37,38,39)/t28-,29-,31-,32-/m1/s1. The quantitative estimate of drug-likeness (QED) is 0.199. The highest BCUT2D eigenvalue weighted by Gasteiger charge is 2.52. The van der Waals surface area contributed by atoms with Gasteiger partial charge in [0.25, 0.3) is 5.91 Å². The highest BCUT2D eigenvalue weighted by Crippen LogP contribution is 2.49. The minimum Gasteiger partial charge on any atom is -0.357 e. The van der Waals surface area contributed by atoms with Crippen molar-refractivity contribution in [3.63, 3.8) is 0 Å². The van der Waals surface area contributed by atoms with Crippen molar-refractivity contribution in [1.82, 2.24) is 20.1 Å². The van der Waals surface area contributed by atoms with Gasteiger partial charge in [-0.15, -0.1) is 0 Å². The Bertz CT molecular complexity index is 1820. The van der Waals surface area contributed by atoms with E-state index in [1.54, 1.807) is 29.2 Å². The van der Waals surface area contributed by atoms with Crippen molar-refractivity contribution in [2.45, 2.75) is 61.6 Å². The number of sulfonamides is 1. The number of morpholine rings is 1. The SMILES string of the molecule is O=C1[C@@H](Cc2ncn[nH]2)O[C@H](c2cccc(Cl)c2)[C@@H](c2ccc(Cl)cc2)N1[C@H](CN(c1ccccc1F)S(=O)(=O)C1CC1)C1CC1. The first-order valence-electron chi connectivity index (χ1n) is 15.3. The molecule has 3 aliphatic rings. The number of hydrogen-bond donors (Lipinski definition) is 1. The van der Waals surface area contributed by atoms with E-state index in [4.69, 9.17) is 27.9 Å². The average Bonchev–Trinajstić information content (AvgIpc) is 3.98. The smallest absolute Gasteiger partial charge is 0.253 e. The van der Waals surface area contributed by atoms with E-state index in [0.29, 0.717) is 28.7 Å². The van der Waals surface area contributed by atoms with E-state index in [9.17, 15) is 13.2 Å². The highest BCUT2D eigenvalue weighted by molar-refractivity contribution is 7.93. The summed E-state index contributed by atoms with van der Waals surface area (Å²) < 4.78 is 51.1. The van der Waals surface area contributed by atoms with Crippen molar-refractivity contribution in [2.24, 2.45) is 5.92 Å². The second-order valence-electron chi connectivity index (χ2n) is 12.1. The molecule has 1 aliphatic heterocycles. The summed E-state index contributed by atoms with van der Waals surface area (Å²) in [5.41, 5.74) is 1.49. The maximum Gasteiger partial charge on any atom is 0.253 e. The first kappa shape index (κ1) is 31.1. The number of ether oxygens (including phenoxy) is 1. The molecule has 4 atom stereocenters. The fraction of sp³-hybridized carbons (Fsp3) is 0.364. The summed E-state index contributed by atoms with van der Waals surface area (Å²) in [5.74, 6) is -0.487. The van der Waals surface area contributed by atoms with E-state index in [2.05, 4.69) is 15.2 Å². The van der Waals surface area contributed by atoms with Crippen LogP contribution in [0.2, 0.25) is 10.0 Å². The number of nitrogens with zero attached hydrogens (tertiary/aromatic N) is 4. The van der Waals surface area contributed by atoms with Crippen LogP contribution in [0.1, 0.15) is 54.8 Å². The summed E-state index contributed by atoms with van der Waals surface area (Å²) in [7, 11) is -3.91. The number of nitrogens with one attached hydrogen (secondary N) is 1. The predicted molar refractivity (Wildman–Crippen MR) is 172 cm³/mol. The van der Waals surface area contributed by atoms with Crippen LogP contribution in [0.15, 0.2) is 79.1 Å². The van der Waals surface area contributed by atoms with Gasteiger partial charge in [0.1, 0.15) is 30.2 Å². The molecule has 2 heterocycles. The third-order valence-corrected chi connectivity index (χ3v) is 11.7. The van der Waals surface area contributed by atoms with Gasteiger partial charge in [0.15, 0.2) is 0 Å². The second kappa shape index (κ2) is 12.6. The van der Waals surface area contributed by atoms with Gasteiger partial charge < -0.3 is 9.64 Å². The van der Waals surface area contributed by atoms with Crippen molar-refractivity contribution in [1.29, 1.82) is 0 Å². The molecule has 3 aromatic carbocycles. The molecule has 0 spiro atoms. The van der Waals surface area contributed by atoms with Crippen LogP contribution in [0.5, 0.6) is 0 Å². The molecule has 1 aromatic heterocycles. The normalized spacial score (nSPS) is 22.5. The van der Waals surface area contributed by atoms with Gasteiger partial charge in [0.05, 0.1) is 29.6 Å². The Balaban J connectivity index is 1.37. The lowest BCUT2D eigenvalue weighted by Gasteiger charge is -2.49. The molecular formula is C33H32Cl2FN5O4S. The van der Waals surface area contributed by atoms with Crippen LogP contribution in [0.25, 0.3) is 0 Å². The topological polar surface area (TPSA) is 108 Å². The minimum atomic E-state index is -3.91. The maximum absolute atomic E-state index is 15.4. The molecule has 1 amide bonds. The van der Waals surface area contributed by atoms with Crippen LogP contribution in [0.4, 0.5) is 10.1 Å². The zero-order chi connectivity index (χ0) is 32.0. The lowest BCUT2D eigenvalue weighted by molar-refractivity contribution is -0.179. The molecule has 0 bridgehead atoms. The molecule has 1 N–H and O–H groups in total. The van der Waals surface area contributed by atoms with Gasteiger partial charge >= 0.3 is 0 Å². The average molecular weight is 685 g/mol. The van der Waals surface area contributed by atoms with Gasteiger partial charge in [-0.3, -0.25) is 14.2 Å². The molecule has 2 aliphatic carbocycles. The number of hydrogen-bond acceptors (Lipinski definition) is 6. The largest absolute Gasteiger partial charge is 0.357 e. The highest BCUT2D eigenvalue weighted by atomic mass is 35.5. The Labute approximate surface area is 276 Å². The number of aromatic nitrogens is 3. The number of H-pyrrole nitrogens is 1. The number of aromatic amines is 1. The number of carbonyl (C=O) groups excluding carboxylic acids is 1. The van der Waals surface area contributed by atoms with Crippen LogP contribution in [0.3, 0.4) is 0 Å². The third kappa shape index (κ3) is 6.25. The summed E-state index contributed by atoms with van der Waals surface area (Å²) >= 11 is 12.8. The van der Waals surface area contributed by atoms with Crippen molar-refractivity contribution >= 4 is 44.8 Å². The Morgan fingerprint density at radius 3 is 2.39 bits per heavy atom. The van der Waals surface area contributed by atoms with Gasteiger partial charge in [-0.05, 0) is 79.1 Å². The van der Waals surface area contributed by atoms with Gasteiger partial charge in [-0.2, -0.15) is 5.10 Å². The zero-order valence-electron chi connectivity index (χ0n) is 24.7. The van der Waals surface area contributed by atoms with Crippen LogP contribution in [-0.4, -0.2) is 58.3 Å². The Morgan fingerprint density at radius 1 is 0.978 bits per heavy atom. The number of para-hydroxylation sites is 1. The van der Waals surface area contributed by atoms with Crippen molar-refractivity contribution in [3.8, 4) is 0 Å². The van der Waals surface area contributed by atoms with Gasteiger partial charge in [-0.25, -0.2) is 17.8 Å². The fourth-order valence-corrected chi connectivity index (χ4v) is 8.56. The number of carbonyl (C=O) groups is 1. The molecule has 0 unspecified atom stereocenters. The minimum absolute atomic E-state index is 0.00790. The second-order valence-corrected chi connectivity index (χ2v) is 15.1. The predicted octanol–water partition coefficient (Wildman–Crippen LogP) is 6.28. The third-order valence-electron chi connectivity index (χ3n) is 8.91. The summed E-state index contributed by atoms with van der Waals surface area (Å²) in [5, 5.41) is 7.21. The lowest BCUT2D eigenvalue weighted by Crippen LogP contribution is -2.59. The number of anilines is 1. The van der Waals surface area contributed by atoms with Gasteiger partial charge in [0.2, 0.25) is 10.0 Å². The maximum atomic E-state index is 15.4. The first-order chi connectivity index (χ1) is 22.2. The molecule has 1 saturated heterocycles. The molecule has 0 radical (unpaired) electrons. The molecule has 9 nitrogen and oxygen atoms in total. The summed E-state index contributed by atoms with van der Waals surface area (Å²) in [4.78, 5) is 20.8. The Morgan fingerprint density at radius 2 is 1.74 bits per heavy atom. The molecule has 7 rings (SSSR count). The monoisotopic (exact) mass is 683 g/mol. The van der Waals surface area contributed by atoms with Crippen molar-refractivity contribution in [2.75, 3.05) is 10.8 Å². The van der Waals surface area contributed by atoms with E-state index < -0.39 is 45.4 Å². The fourth-order valence-electron chi connectivity index (χ4n) is 6.36. The van der Waals surface area contributed by atoms with Crippen molar-refractivity contribution < 1.29 is 22.3 Å². The Hall–Kier alpha value is -3.51. The molecule has 2 saturated carbocycles. The molecule has 240 valence electrons. The van der Waals surface area contributed by atoms with Crippen LogP contribution < -0.4 is 4.31 Å². The van der Waals surface area contributed by atoms with Crippen LogP contribution in [0, 0.1) is 11.7 Å². The van der Waals surface area contributed by atoms with Crippen LogP contribution >= 0.6 is 23.2 Å². The van der Waals surface area contributed by atoms with E-state index in [1.165, 1.54) is 28.8 Å². The van der Waals surface area contributed by atoms with Gasteiger partial charge in [-0.1, -0.05) is 59.6 Å². The molecule has 13 heteroatoms. The molecule has 3 fully saturated rings. The van der Waals surface area contributed by atoms with E-state index in [-0.39, 0.29) is 30.5 Å². The molecular weight excluding hydrogens is 652 g/mol. The lowest BCUT2D eigenvalue weighted by atomic mass is 9.89. The number of benzene rings is 3. The summed E-state index contributed by atoms with van der Waals surface area (Å²) in [6.07, 6.45) is 2.46. The van der Waals surface area contributed by atoms with E-state index >= 15 is 4.39 Å². The van der Waals surface area contributed by atoms with Crippen LogP contribution in [-0.2, 0) is 26.0 Å². The Kier molecular flexibility index (Phi) is 8.52. The summed E-state index contributed by atoms with van der Waals surface area (Å²) in [6.45, 7) is -0.0996. The zero-order valence-corrected chi connectivity index (χ0v) is 27.0. The number of rotatable bonds is 11. The molecule has 46 heavy (non-hydrogen) atoms. The summed E-state index contributed by atoms with van der Waals surface area (Å²) in [6, 6.07) is 19.1. The number of amides is 1. The number of halogens is 3. The molecule has 4 aromatic rings. The van der Waals surface area contributed by atoms with E-state index in [1.807, 2.05) is 30.3 Å². The van der Waals surface area contributed by atoms with E-state index in [0.717, 1.165) is 24.0 Å².